The maximum Gasteiger partial charge on any atom is 0.220 e. The zero-order valence-corrected chi connectivity index (χ0v) is 13.5. The number of Topliss-reactive ketones (excluding diaryl/α,β-unsaturated/α-hetero) is 1. The maximum atomic E-state index is 12.8. The number of thiophene rings is 1. The van der Waals surface area contributed by atoms with Gasteiger partial charge in [0.05, 0.1) is 6.54 Å². The van der Waals surface area contributed by atoms with Crippen LogP contribution < -0.4 is 5.32 Å². The van der Waals surface area contributed by atoms with Crippen LogP contribution >= 0.6 is 11.3 Å². The van der Waals surface area contributed by atoms with Gasteiger partial charge in [-0.25, -0.2) is 4.39 Å². The Bertz CT molecular complexity index is 666. The summed E-state index contributed by atoms with van der Waals surface area (Å²) in [5.74, 6) is -0.933. The monoisotopic (exact) mass is 335 g/mol. The van der Waals surface area contributed by atoms with Crippen LogP contribution in [-0.2, 0) is 10.4 Å². The van der Waals surface area contributed by atoms with Crippen LogP contribution in [0.15, 0.2) is 41.8 Å². The summed E-state index contributed by atoms with van der Waals surface area (Å²) in [4.78, 5) is 24.5. The Morgan fingerprint density at radius 1 is 1.22 bits per heavy atom. The standard InChI is InChI=1S/C17H18FNO3S/c1-17(22,15-3-2-10-23-15)11-19-16(21)9-8-14(20)12-4-6-13(18)7-5-12/h2-7,10,22H,8-9,11H2,1H3,(H,19,21). The van der Waals surface area contributed by atoms with Gasteiger partial charge in [0.1, 0.15) is 11.4 Å². The predicted molar refractivity (Wildman–Crippen MR) is 86.9 cm³/mol. The van der Waals surface area contributed by atoms with E-state index in [9.17, 15) is 19.1 Å². The molecule has 0 saturated carbocycles. The van der Waals surface area contributed by atoms with Crippen molar-refractivity contribution in [2.75, 3.05) is 6.54 Å². The second-order valence-electron chi connectivity index (χ2n) is 5.46. The van der Waals surface area contributed by atoms with Crippen LogP contribution in [0.4, 0.5) is 4.39 Å². The van der Waals surface area contributed by atoms with Gasteiger partial charge in [-0.2, -0.15) is 0 Å². The molecule has 0 bridgehead atoms. The quantitative estimate of drug-likeness (QED) is 0.765. The molecule has 1 atom stereocenters. The SMILES string of the molecule is CC(O)(CNC(=O)CCC(=O)c1ccc(F)cc1)c1cccs1. The molecule has 1 aromatic heterocycles. The fraction of sp³-hybridized carbons (Fsp3) is 0.294. The maximum absolute atomic E-state index is 12.8. The van der Waals surface area contributed by atoms with Crippen LogP contribution in [0.2, 0.25) is 0 Å². The lowest BCUT2D eigenvalue weighted by molar-refractivity contribution is -0.122. The Labute approximate surface area is 138 Å². The summed E-state index contributed by atoms with van der Waals surface area (Å²) in [5, 5.41) is 14.8. The number of hydrogen-bond acceptors (Lipinski definition) is 4. The van der Waals surface area contributed by atoms with E-state index in [2.05, 4.69) is 5.32 Å². The summed E-state index contributed by atoms with van der Waals surface area (Å²) in [6, 6.07) is 8.86. The summed E-state index contributed by atoms with van der Waals surface area (Å²) in [7, 11) is 0. The van der Waals surface area contributed by atoms with Crippen LogP contribution in [0.25, 0.3) is 0 Å². The van der Waals surface area contributed by atoms with Crippen LogP contribution in [-0.4, -0.2) is 23.3 Å². The van der Waals surface area contributed by atoms with E-state index < -0.39 is 11.4 Å². The lowest BCUT2D eigenvalue weighted by Crippen LogP contribution is -2.38. The number of hydrogen-bond donors (Lipinski definition) is 2. The summed E-state index contributed by atoms with van der Waals surface area (Å²) >= 11 is 1.41. The van der Waals surface area contributed by atoms with Crippen molar-refractivity contribution in [3.63, 3.8) is 0 Å². The molecule has 0 aliphatic rings. The van der Waals surface area contributed by atoms with Gasteiger partial charge < -0.3 is 10.4 Å². The summed E-state index contributed by atoms with van der Waals surface area (Å²) in [6.45, 7) is 1.71. The zero-order chi connectivity index (χ0) is 16.9. The topological polar surface area (TPSA) is 66.4 Å². The minimum Gasteiger partial charge on any atom is -0.383 e. The van der Waals surface area contributed by atoms with Gasteiger partial charge in [0.2, 0.25) is 5.91 Å². The molecule has 1 amide bonds. The number of nitrogens with one attached hydrogen (secondary N) is 1. The molecule has 23 heavy (non-hydrogen) atoms. The van der Waals surface area contributed by atoms with Gasteiger partial charge in [-0.3, -0.25) is 9.59 Å². The zero-order valence-electron chi connectivity index (χ0n) is 12.7. The average molecular weight is 335 g/mol. The van der Waals surface area contributed by atoms with Crippen molar-refractivity contribution in [1.29, 1.82) is 0 Å². The molecule has 0 fully saturated rings. The third kappa shape index (κ3) is 4.97. The normalized spacial score (nSPS) is 13.3. The molecular formula is C17H18FNO3S. The second-order valence-corrected chi connectivity index (χ2v) is 6.41. The van der Waals surface area contributed by atoms with E-state index in [0.717, 1.165) is 4.88 Å². The van der Waals surface area contributed by atoms with Gasteiger partial charge in [-0.05, 0) is 42.6 Å². The number of rotatable bonds is 7. The second kappa shape index (κ2) is 7.48. The molecule has 0 radical (unpaired) electrons. The third-order valence-electron chi connectivity index (χ3n) is 3.43. The molecule has 1 unspecified atom stereocenters. The van der Waals surface area contributed by atoms with E-state index in [1.54, 1.807) is 13.0 Å². The van der Waals surface area contributed by atoms with Gasteiger partial charge in [0.25, 0.3) is 0 Å². The number of carbonyl (C=O) groups is 2. The predicted octanol–water partition coefficient (Wildman–Crippen LogP) is 2.87. The van der Waals surface area contributed by atoms with Gasteiger partial charge in [-0.1, -0.05) is 6.07 Å². The van der Waals surface area contributed by atoms with Crippen LogP contribution in [0.3, 0.4) is 0 Å². The molecule has 122 valence electrons. The van der Waals surface area contributed by atoms with Crippen LogP contribution in [0, 0.1) is 5.82 Å². The Morgan fingerprint density at radius 3 is 2.52 bits per heavy atom. The largest absolute Gasteiger partial charge is 0.383 e. The van der Waals surface area contributed by atoms with E-state index in [1.165, 1.54) is 35.6 Å². The van der Waals surface area contributed by atoms with Crippen molar-refractivity contribution < 1.29 is 19.1 Å². The molecule has 6 heteroatoms. The molecule has 2 rings (SSSR count). The van der Waals surface area contributed by atoms with Crippen molar-refractivity contribution in [3.8, 4) is 0 Å². The number of halogens is 1. The highest BCUT2D eigenvalue weighted by Crippen LogP contribution is 2.24. The molecule has 1 heterocycles. The lowest BCUT2D eigenvalue weighted by atomic mass is 10.0. The highest BCUT2D eigenvalue weighted by atomic mass is 32.1. The smallest absolute Gasteiger partial charge is 0.220 e. The van der Waals surface area contributed by atoms with Crippen LogP contribution in [0.5, 0.6) is 0 Å². The first-order chi connectivity index (χ1) is 10.9. The van der Waals surface area contributed by atoms with Crippen molar-refractivity contribution in [2.45, 2.75) is 25.4 Å². The lowest BCUT2D eigenvalue weighted by Gasteiger charge is -2.22. The first-order valence-electron chi connectivity index (χ1n) is 7.20. The first-order valence-corrected chi connectivity index (χ1v) is 8.08. The molecular weight excluding hydrogens is 317 g/mol. The highest BCUT2D eigenvalue weighted by molar-refractivity contribution is 7.10. The number of ketones is 1. The Hall–Kier alpha value is -2.05. The van der Waals surface area contributed by atoms with E-state index in [1.807, 2.05) is 11.4 Å². The van der Waals surface area contributed by atoms with Crippen molar-refractivity contribution in [3.05, 3.63) is 58.0 Å². The summed E-state index contributed by atoms with van der Waals surface area (Å²) in [6.07, 6.45) is 0.0648. The highest BCUT2D eigenvalue weighted by Gasteiger charge is 2.24. The number of benzene rings is 1. The van der Waals surface area contributed by atoms with Crippen molar-refractivity contribution >= 4 is 23.0 Å². The molecule has 2 N–H and O–H groups in total. The molecule has 1 aromatic carbocycles. The minimum atomic E-state index is -1.13. The van der Waals surface area contributed by atoms with E-state index in [4.69, 9.17) is 0 Å². The summed E-state index contributed by atoms with van der Waals surface area (Å²) < 4.78 is 12.8. The molecule has 4 nitrogen and oxygen atoms in total. The molecule has 0 aliphatic carbocycles. The Kier molecular flexibility index (Phi) is 5.63. The minimum absolute atomic E-state index is 0.0245. The first kappa shape index (κ1) is 17.3. The summed E-state index contributed by atoms with van der Waals surface area (Å²) in [5.41, 5.74) is -0.755. The molecule has 0 saturated heterocycles. The number of carbonyl (C=O) groups excluding carboxylic acids is 2. The van der Waals surface area contributed by atoms with Gasteiger partial charge >= 0.3 is 0 Å². The van der Waals surface area contributed by atoms with E-state index in [0.29, 0.717) is 5.56 Å². The van der Waals surface area contributed by atoms with Gasteiger partial charge in [0, 0.05) is 23.3 Å². The average Bonchev–Trinajstić information content (AvgIpc) is 3.06. The van der Waals surface area contributed by atoms with Crippen LogP contribution in [0.1, 0.15) is 35.0 Å². The Morgan fingerprint density at radius 2 is 1.91 bits per heavy atom. The van der Waals surface area contributed by atoms with Gasteiger partial charge in [0.15, 0.2) is 5.78 Å². The molecule has 0 aliphatic heterocycles. The van der Waals surface area contributed by atoms with Crippen molar-refractivity contribution in [2.24, 2.45) is 0 Å². The number of amides is 1. The number of aliphatic hydroxyl groups is 1. The van der Waals surface area contributed by atoms with E-state index in [-0.39, 0.29) is 31.1 Å². The fourth-order valence-electron chi connectivity index (χ4n) is 2.04. The van der Waals surface area contributed by atoms with Crippen molar-refractivity contribution in [1.82, 2.24) is 5.32 Å². The molecule has 2 aromatic rings. The van der Waals surface area contributed by atoms with E-state index >= 15 is 0 Å². The Balaban J connectivity index is 1.79. The fourth-order valence-corrected chi connectivity index (χ4v) is 2.83. The molecule has 0 spiro atoms. The third-order valence-corrected chi connectivity index (χ3v) is 4.55. The van der Waals surface area contributed by atoms with Gasteiger partial charge in [-0.15, -0.1) is 11.3 Å².